The fraction of sp³-hybridized carbons (Fsp3) is 0.316. The zero-order valence-corrected chi connectivity index (χ0v) is 13.7. The lowest BCUT2D eigenvalue weighted by atomic mass is 10.0. The summed E-state index contributed by atoms with van der Waals surface area (Å²) < 4.78 is 16.2. The predicted molar refractivity (Wildman–Crippen MR) is 89.3 cm³/mol. The molecule has 0 atom stereocenters. The van der Waals surface area contributed by atoms with Crippen LogP contribution in [0.1, 0.15) is 32.3 Å². The lowest BCUT2D eigenvalue weighted by Crippen LogP contribution is -2.18. The van der Waals surface area contributed by atoms with Crippen molar-refractivity contribution in [2.24, 2.45) is 0 Å². The summed E-state index contributed by atoms with van der Waals surface area (Å²) in [5, 5.41) is 0. The third-order valence-electron chi connectivity index (χ3n) is 3.28. The van der Waals surface area contributed by atoms with Crippen LogP contribution in [0.5, 0.6) is 17.2 Å². The molecular weight excluding hydrogens is 292 g/mol. The first-order valence-corrected chi connectivity index (χ1v) is 7.75. The summed E-state index contributed by atoms with van der Waals surface area (Å²) in [6.45, 7) is 6.49. The minimum atomic E-state index is -0.468. The Morgan fingerprint density at radius 3 is 2.22 bits per heavy atom. The SMILES string of the molecule is CCOc1ccccc1OC(=O)COc1ccc(C(C)C)cc1. The highest BCUT2D eigenvalue weighted by Crippen LogP contribution is 2.26. The average molecular weight is 314 g/mol. The number of para-hydroxylation sites is 2. The lowest BCUT2D eigenvalue weighted by molar-refractivity contribution is -0.136. The van der Waals surface area contributed by atoms with E-state index >= 15 is 0 Å². The Labute approximate surface area is 137 Å². The normalized spacial score (nSPS) is 10.4. The second-order valence-corrected chi connectivity index (χ2v) is 5.37. The molecule has 0 amide bonds. The van der Waals surface area contributed by atoms with Gasteiger partial charge in [-0.15, -0.1) is 0 Å². The van der Waals surface area contributed by atoms with E-state index in [1.807, 2.05) is 37.3 Å². The number of carbonyl (C=O) groups excluding carboxylic acids is 1. The van der Waals surface area contributed by atoms with Crippen molar-refractivity contribution in [2.75, 3.05) is 13.2 Å². The Hall–Kier alpha value is -2.49. The maximum Gasteiger partial charge on any atom is 0.349 e. The molecule has 0 aromatic heterocycles. The molecule has 0 N–H and O–H groups in total. The van der Waals surface area contributed by atoms with Crippen LogP contribution in [0.2, 0.25) is 0 Å². The maximum absolute atomic E-state index is 11.9. The van der Waals surface area contributed by atoms with Gasteiger partial charge in [0.2, 0.25) is 0 Å². The van der Waals surface area contributed by atoms with Gasteiger partial charge in [0.1, 0.15) is 5.75 Å². The van der Waals surface area contributed by atoms with E-state index < -0.39 is 5.97 Å². The van der Waals surface area contributed by atoms with Crippen LogP contribution in [0, 0.1) is 0 Å². The van der Waals surface area contributed by atoms with Gasteiger partial charge in [-0.2, -0.15) is 0 Å². The molecule has 0 spiro atoms. The Balaban J connectivity index is 1.90. The molecule has 2 aromatic rings. The molecule has 0 heterocycles. The molecule has 2 aromatic carbocycles. The predicted octanol–water partition coefficient (Wildman–Crippen LogP) is 4.19. The minimum Gasteiger partial charge on any atom is -0.490 e. The monoisotopic (exact) mass is 314 g/mol. The number of ether oxygens (including phenoxy) is 3. The standard InChI is InChI=1S/C19H22O4/c1-4-21-17-7-5-6-8-18(17)23-19(20)13-22-16-11-9-15(10-12-16)14(2)3/h5-12,14H,4,13H2,1-3H3. The van der Waals surface area contributed by atoms with Crippen molar-refractivity contribution in [1.29, 1.82) is 0 Å². The summed E-state index contributed by atoms with van der Waals surface area (Å²) in [6, 6.07) is 14.8. The van der Waals surface area contributed by atoms with Crippen molar-refractivity contribution in [1.82, 2.24) is 0 Å². The molecule has 0 aliphatic rings. The third-order valence-corrected chi connectivity index (χ3v) is 3.28. The number of hydrogen-bond acceptors (Lipinski definition) is 4. The molecule has 2 rings (SSSR count). The van der Waals surface area contributed by atoms with Crippen molar-refractivity contribution in [3.8, 4) is 17.2 Å². The summed E-state index contributed by atoms with van der Waals surface area (Å²) in [5.74, 6) is 1.58. The third kappa shape index (κ3) is 5.02. The number of hydrogen-bond donors (Lipinski definition) is 0. The van der Waals surface area contributed by atoms with Crippen LogP contribution < -0.4 is 14.2 Å². The van der Waals surface area contributed by atoms with Gasteiger partial charge in [0.15, 0.2) is 18.1 Å². The maximum atomic E-state index is 11.9. The zero-order chi connectivity index (χ0) is 16.7. The molecule has 0 bridgehead atoms. The van der Waals surface area contributed by atoms with Crippen LogP contribution in [0.25, 0.3) is 0 Å². The first kappa shape index (κ1) is 16.9. The highest BCUT2D eigenvalue weighted by molar-refractivity contribution is 5.74. The van der Waals surface area contributed by atoms with E-state index in [9.17, 15) is 4.79 Å². The number of esters is 1. The molecule has 4 heteroatoms. The van der Waals surface area contributed by atoms with Gasteiger partial charge >= 0.3 is 5.97 Å². The lowest BCUT2D eigenvalue weighted by Gasteiger charge is -2.11. The summed E-state index contributed by atoms with van der Waals surface area (Å²) in [6.07, 6.45) is 0. The molecular formula is C19H22O4. The Morgan fingerprint density at radius 2 is 1.61 bits per heavy atom. The molecule has 122 valence electrons. The van der Waals surface area contributed by atoms with Crippen molar-refractivity contribution in [3.05, 3.63) is 54.1 Å². The van der Waals surface area contributed by atoms with E-state index in [1.165, 1.54) is 5.56 Å². The largest absolute Gasteiger partial charge is 0.490 e. The van der Waals surface area contributed by atoms with Crippen molar-refractivity contribution in [2.45, 2.75) is 26.7 Å². The molecule has 0 saturated carbocycles. The van der Waals surface area contributed by atoms with Crippen LogP contribution in [0.3, 0.4) is 0 Å². The van der Waals surface area contributed by atoms with E-state index in [4.69, 9.17) is 14.2 Å². The quantitative estimate of drug-likeness (QED) is 0.568. The first-order valence-electron chi connectivity index (χ1n) is 7.75. The molecule has 0 radical (unpaired) electrons. The molecule has 4 nitrogen and oxygen atoms in total. The van der Waals surface area contributed by atoms with E-state index in [0.717, 1.165) is 0 Å². The summed E-state index contributed by atoms with van der Waals surface area (Å²) in [7, 11) is 0. The molecule has 23 heavy (non-hydrogen) atoms. The van der Waals surface area contributed by atoms with Gasteiger partial charge in [-0.1, -0.05) is 38.1 Å². The average Bonchev–Trinajstić information content (AvgIpc) is 2.55. The van der Waals surface area contributed by atoms with Crippen LogP contribution in [-0.4, -0.2) is 19.2 Å². The molecule has 0 aliphatic heterocycles. The fourth-order valence-electron chi connectivity index (χ4n) is 2.05. The zero-order valence-electron chi connectivity index (χ0n) is 13.7. The van der Waals surface area contributed by atoms with Gasteiger partial charge in [0, 0.05) is 0 Å². The second kappa shape index (κ2) is 8.22. The van der Waals surface area contributed by atoms with E-state index in [-0.39, 0.29) is 6.61 Å². The second-order valence-electron chi connectivity index (χ2n) is 5.37. The van der Waals surface area contributed by atoms with Crippen LogP contribution in [-0.2, 0) is 4.79 Å². The summed E-state index contributed by atoms with van der Waals surface area (Å²) in [4.78, 5) is 11.9. The minimum absolute atomic E-state index is 0.151. The summed E-state index contributed by atoms with van der Waals surface area (Å²) >= 11 is 0. The van der Waals surface area contributed by atoms with E-state index in [2.05, 4.69) is 13.8 Å². The molecule has 0 saturated heterocycles. The Morgan fingerprint density at radius 1 is 0.957 bits per heavy atom. The Bertz CT molecular complexity index is 632. The van der Waals surface area contributed by atoms with Crippen LogP contribution >= 0.6 is 0 Å². The number of carbonyl (C=O) groups is 1. The fourth-order valence-corrected chi connectivity index (χ4v) is 2.05. The van der Waals surface area contributed by atoms with E-state index in [1.54, 1.807) is 18.2 Å². The number of benzene rings is 2. The van der Waals surface area contributed by atoms with Crippen LogP contribution in [0.15, 0.2) is 48.5 Å². The van der Waals surface area contributed by atoms with Gasteiger partial charge in [-0.3, -0.25) is 0 Å². The highest BCUT2D eigenvalue weighted by Gasteiger charge is 2.10. The van der Waals surface area contributed by atoms with Crippen molar-refractivity contribution < 1.29 is 19.0 Å². The molecule has 0 fully saturated rings. The van der Waals surface area contributed by atoms with Gasteiger partial charge in [0.25, 0.3) is 0 Å². The van der Waals surface area contributed by atoms with Gasteiger partial charge < -0.3 is 14.2 Å². The Kier molecular flexibility index (Phi) is 6.03. The van der Waals surface area contributed by atoms with Crippen LogP contribution in [0.4, 0.5) is 0 Å². The number of rotatable bonds is 7. The topological polar surface area (TPSA) is 44.8 Å². The van der Waals surface area contributed by atoms with Gasteiger partial charge in [-0.25, -0.2) is 4.79 Å². The molecule has 0 unspecified atom stereocenters. The summed E-state index contributed by atoms with van der Waals surface area (Å²) in [5.41, 5.74) is 1.23. The van der Waals surface area contributed by atoms with E-state index in [0.29, 0.717) is 29.8 Å². The van der Waals surface area contributed by atoms with Gasteiger partial charge in [0.05, 0.1) is 6.61 Å². The van der Waals surface area contributed by atoms with Gasteiger partial charge in [-0.05, 0) is 42.7 Å². The highest BCUT2D eigenvalue weighted by atomic mass is 16.6. The molecule has 0 aliphatic carbocycles. The smallest absolute Gasteiger partial charge is 0.349 e. The first-order chi connectivity index (χ1) is 11.1. The van der Waals surface area contributed by atoms with Crippen molar-refractivity contribution >= 4 is 5.97 Å². The van der Waals surface area contributed by atoms with Crippen molar-refractivity contribution in [3.63, 3.8) is 0 Å².